The maximum absolute atomic E-state index is 12.9. The van der Waals surface area contributed by atoms with E-state index in [0.29, 0.717) is 12.2 Å². The number of pyridine rings is 1. The summed E-state index contributed by atoms with van der Waals surface area (Å²) in [5, 5.41) is 0. The normalized spacial score (nSPS) is 10.6. The molecule has 2 aromatic rings. The first-order valence-corrected chi connectivity index (χ1v) is 9.20. The average Bonchev–Trinajstić information content (AvgIpc) is 2.62. The predicted octanol–water partition coefficient (Wildman–Crippen LogP) is 4.68. The highest BCUT2D eigenvalue weighted by Gasteiger charge is 2.18. The molecule has 0 aliphatic heterocycles. The van der Waals surface area contributed by atoms with E-state index < -0.39 is 0 Å². The fraction of sp³-hybridized carbons (Fsp3) is 0.429. The number of amides is 1. The van der Waals surface area contributed by atoms with Crippen LogP contribution in [-0.4, -0.2) is 30.5 Å². The van der Waals surface area contributed by atoms with Gasteiger partial charge in [0.1, 0.15) is 5.69 Å². The van der Waals surface area contributed by atoms with Gasteiger partial charge in [-0.2, -0.15) is 0 Å². The summed E-state index contributed by atoms with van der Waals surface area (Å²) >= 11 is 0. The van der Waals surface area contributed by atoms with E-state index in [1.807, 2.05) is 56.4 Å². The van der Waals surface area contributed by atoms with E-state index in [9.17, 15) is 4.79 Å². The van der Waals surface area contributed by atoms with Crippen molar-refractivity contribution in [1.82, 2.24) is 4.98 Å². The van der Waals surface area contributed by atoms with Gasteiger partial charge in [0, 0.05) is 25.3 Å². The summed E-state index contributed by atoms with van der Waals surface area (Å²) < 4.78 is 0. The van der Waals surface area contributed by atoms with Crippen LogP contribution < -0.4 is 9.80 Å². The number of hydrogen-bond acceptors (Lipinski definition) is 3. The van der Waals surface area contributed by atoms with E-state index >= 15 is 0 Å². The van der Waals surface area contributed by atoms with Gasteiger partial charge in [0.25, 0.3) is 5.91 Å². The fourth-order valence-electron chi connectivity index (χ4n) is 2.99. The zero-order valence-electron chi connectivity index (χ0n) is 15.8. The van der Waals surface area contributed by atoms with Gasteiger partial charge < -0.3 is 9.80 Å². The van der Waals surface area contributed by atoms with E-state index in [0.717, 1.165) is 42.9 Å². The molecule has 0 saturated heterocycles. The summed E-state index contributed by atoms with van der Waals surface area (Å²) in [5.41, 5.74) is 3.62. The second kappa shape index (κ2) is 9.21. The van der Waals surface area contributed by atoms with Gasteiger partial charge in [0.15, 0.2) is 0 Å². The summed E-state index contributed by atoms with van der Waals surface area (Å²) in [6.07, 6.45) is 4.01. The molecule has 1 aromatic carbocycles. The molecule has 2 rings (SSSR count). The minimum atomic E-state index is -0.0582. The molecule has 0 spiro atoms. The third-order valence-electron chi connectivity index (χ3n) is 4.19. The first-order valence-electron chi connectivity index (χ1n) is 9.20. The highest BCUT2D eigenvalue weighted by Crippen LogP contribution is 2.19. The van der Waals surface area contributed by atoms with Gasteiger partial charge in [-0.3, -0.25) is 4.79 Å². The molecular formula is C21H29N3O. The molecule has 1 aromatic heterocycles. The Labute approximate surface area is 151 Å². The molecule has 4 heteroatoms. The average molecular weight is 339 g/mol. The largest absolute Gasteiger partial charge is 0.370 e. The van der Waals surface area contributed by atoms with E-state index in [-0.39, 0.29) is 5.91 Å². The smallest absolute Gasteiger partial charge is 0.276 e. The van der Waals surface area contributed by atoms with Crippen LogP contribution in [0.1, 0.15) is 49.7 Å². The highest BCUT2D eigenvalue weighted by atomic mass is 16.2. The van der Waals surface area contributed by atoms with E-state index in [4.69, 9.17) is 0 Å². The maximum Gasteiger partial charge on any atom is 0.276 e. The van der Waals surface area contributed by atoms with E-state index in [1.165, 1.54) is 0 Å². The molecule has 0 saturated carbocycles. The van der Waals surface area contributed by atoms with Gasteiger partial charge in [-0.25, -0.2) is 4.98 Å². The van der Waals surface area contributed by atoms with Gasteiger partial charge in [0.2, 0.25) is 0 Å². The number of aromatic nitrogens is 1. The number of hydrogen-bond donors (Lipinski definition) is 0. The third-order valence-corrected chi connectivity index (χ3v) is 4.19. The molecule has 0 aliphatic carbocycles. The first-order chi connectivity index (χ1) is 12.1. The van der Waals surface area contributed by atoms with Crippen LogP contribution >= 0.6 is 0 Å². The van der Waals surface area contributed by atoms with Gasteiger partial charge >= 0.3 is 0 Å². The Morgan fingerprint density at radius 1 is 1.00 bits per heavy atom. The van der Waals surface area contributed by atoms with Crippen molar-refractivity contribution in [3.8, 4) is 0 Å². The molecule has 0 fully saturated rings. The van der Waals surface area contributed by atoms with Crippen LogP contribution in [0.4, 0.5) is 11.4 Å². The maximum atomic E-state index is 12.9. The van der Waals surface area contributed by atoms with Crippen LogP contribution in [0, 0.1) is 6.92 Å². The molecule has 4 nitrogen and oxygen atoms in total. The lowest BCUT2D eigenvalue weighted by Crippen LogP contribution is -2.31. The van der Waals surface area contributed by atoms with Crippen molar-refractivity contribution < 1.29 is 4.79 Å². The Kier molecular flexibility index (Phi) is 6.99. The van der Waals surface area contributed by atoms with Crippen LogP contribution in [0.25, 0.3) is 0 Å². The van der Waals surface area contributed by atoms with Crippen LogP contribution in [-0.2, 0) is 0 Å². The summed E-state index contributed by atoms with van der Waals surface area (Å²) in [6.45, 7) is 11.0. The minimum absolute atomic E-state index is 0.0582. The van der Waals surface area contributed by atoms with Gasteiger partial charge in [-0.1, -0.05) is 26.0 Å². The van der Waals surface area contributed by atoms with Crippen molar-refractivity contribution in [2.24, 2.45) is 0 Å². The van der Waals surface area contributed by atoms with Crippen molar-refractivity contribution in [2.75, 3.05) is 29.4 Å². The monoisotopic (exact) mass is 339 g/mol. The molecule has 1 amide bonds. The number of benzene rings is 1. The first kappa shape index (κ1) is 19.0. The van der Waals surface area contributed by atoms with Crippen LogP contribution in [0.15, 0.2) is 42.6 Å². The van der Waals surface area contributed by atoms with E-state index in [1.54, 1.807) is 4.90 Å². The SMILES string of the molecule is CCCN(CCC)c1ccc(C(=O)N(CC)c2cccc(C)c2)nc1. The molecule has 0 atom stereocenters. The Hall–Kier alpha value is -2.36. The van der Waals surface area contributed by atoms with Crippen LogP contribution in [0.2, 0.25) is 0 Å². The number of anilines is 2. The predicted molar refractivity (Wildman–Crippen MR) is 106 cm³/mol. The van der Waals surface area contributed by atoms with Gasteiger partial charge in [0.05, 0.1) is 11.9 Å². The fourth-order valence-corrected chi connectivity index (χ4v) is 2.99. The van der Waals surface area contributed by atoms with E-state index in [2.05, 4.69) is 23.7 Å². The summed E-state index contributed by atoms with van der Waals surface area (Å²) in [5.74, 6) is -0.0582. The molecule has 134 valence electrons. The zero-order valence-corrected chi connectivity index (χ0v) is 15.8. The molecule has 0 unspecified atom stereocenters. The van der Waals surface area contributed by atoms with Crippen LogP contribution in [0.5, 0.6) is 0 Å². The topological polar surface area (TPSA) is 36.4 Å². The zero-order chi connectivity index (χ0) is 18.2. The van der Waals surface area contributed by atoms with Crippen molar-refractivity contribution in [1.29, 1.82) is 0 Å². The Bertz CT molecular complexity index is 676. The number of carbonyl (C=O) groups excluding carboxylic acids is 1. The van der Waals surface area contributed by atoms with Crippen molar-refractivity contribution in [3.05, 3.63) is 53.9 Å². The molecule has 0 bridgehead atoms. The molecule has 0 aliphatic rings. The number of carbonyl (C=O) groups is 1. The quantitative estimate of drug-likeness (QED) is 0.700. The highest BCUT2D eigenvalue weighted by molar-refractivity contribution is 6.04. The number of aryl methyl sites for hydroxylation is 1. The summed E-state index contributed by atoms with van der Waals surface area (Å²) in [6, 6.07) is 11.9. The van der Waals surface area contributed by atoms with Crippen molar-refractivity contribution >= 4 is 17.3 Å². The summed E-state index contributed by atoms with van der Waals surface area (Å²) in [4.78, 5) is 21.4. The standard InChI is InChI=1S/C21H29N3O/c1-5-13-23(14-6-2)19-11-12-20(22-16-19)21(25)24(7-3)18-10-8-9-17(4)15-18/h8-12,15-16H,5-7,13-14H2,1-4H3. The third kappa shape index (κ3) is 4.81. The Balaban J connectivity index is 2.21. The molecule has 0 radical (unpaired) electrons. The van der Waals surface area contributed by atoms with Crippen molar-refractivity contribution in [3.63, 3.8) is 0 Å². The Morgan fingerprint density at radius 2 is 1.72 bits per heavy atom. The number of rotatable bonds is 8. The lowest BCUT2D eigenvalue weighted by Gasteiger charge is -2.24. The molecule has 1 heterocycles. The number of nitrogens with zero attached hydrogens (tertiary/aromatic N) is 3. The lowest BCUT2D eigenvalue weighted by molar-refractivity contribution is 0.0983. The molecular weight excluding hydrogens is 310 g/mol. The lowest BCUT2D eigenvalue weighted by atomic mass is 10.2. The van der Waals surface area contributed by atoms with Crippen molar-refractivity contribution in [2.45, 2.75) is 40.5 Å². The summed E-state index contributed by atoms with van der Waals surface area (Å²) in [7, 11) is 0. The molecule has 0 N–H and O–H groups in total. The second-order valence-corrected chi connectivity index (χ2v) is 6.28. The van der Waals surface area contributed by atoms with Gasteiger partial charge in [-0.05, 0) is 56.5 Å². The molecule has 25 heavy (non-hydrogen) atoms. The van der Waals surface area contributed by atoms with Gasteiger partial charge in [-0.15, -0.1) is 0 Å². The van der Waals surface area contributed by atoms with Crippen LogP contribution in [0.3, 0.4) is 0 Å². The Morgan fingerprint density at radius 3 is 2.24 bits per heavy atom. The second-order valence-electron chi connectivity index (χ2n) is 6.28. The minimum Gasteiger partial charge on any atom is -0.370 e.